The molecule has 5 nitrogen and oxygen atoms in total. The summed E-state index contributed by atoms with van der Waals surface area (Å²) >= 11 is 0. The zero-order chi connectivity index (χ0) is 11.2. The van der Waals surface area contributed by atoms with E-state index in [9.17, 15) is 8.42 Å². The summed E-state index contributed by atoms with van der Waals surface area (Å²) in [6.07, 6.45) is 0.754. The second kappa shape index (κ2) is 6.34. The quantitative estimate of drug-likeness (QED) is 0.636. The van der Waals surface area contributed by atoms with Gasteiger partial charge in [-0.3, -0.25) is 0 Å². The van der Waals surface area contributed by atoms with Crippen LogP contribution >= 0.6 is 0 Å². The molecule has 0 aliphatic heterocycles. The first-order chi connectivity index (χ1) is 6.45. The SMILES string of the molecule is CCCNS(=O)(=O)N(CCO)C(C)C. The van der Waals surface area contributed by atoms with Gasteiger partial charge < -0.3 is 5.11 Å². The minimum absolute atomic E-state index is 0.136. The Morgan fingerprint density at radius 3 is 2.36 bits per heavy atom. The fraction of sp³-hybridized carbons (Fsp3) is 1.00. The molecule has 0 aliphatic carbocycles. The van der Waals surface area contributed by atoms with Crippen LogP contribution in [0.15, 0.2) is 0 Å². The molecule has 0 rings (SSSR count). The Labute approximate surface area is 86.3 Å². The van der Waals surface area contributed by atoms with E-state index >= 15 is 0 Å². The van der Waals surface area contributed by atoms with Crippen molar-refractivity contribution in [2.75, 3.05) is 19.7 Å². The first-order valence-electron chi connectivity index (χ1n) is 4.83. The number of nitrogens with zero attached hydrogens (tertiary/aromatic N) is 1. The second-order valence-corrected chi connectivity index (χ2v) is 5.04. The summed E-state index contributed by atoms with van der Waals surface area (Å²) in [4.78, 5) is 0. The third-order valence-corrected chi connectivity index (χ3v) is 3.53. The largest absolute Gasteiger partial charge is 0.395 e. The molecule has 14 heavy (non-hydrogen) atoms. The van der Waals surface area contributed by atoms with Crippen molar-refractivity contribution in [3.63, 3.8) is 0 Å². The van der Waals surface area contributed by atoms with Crippen molar-refractivity contribution in [1.29, 1.82) is 0 Å². The van der Waals surface area contributed by atoms with E-state index in [1.807, 2.05) is 6.92 Å². The number of hydrogen-bond acceptors (Lipinski definition) is 3. The Morgan fingerprint density at radius 2 is 2.00 bits per heavy atom. The molecular weight excluding hydrogens is 204 g/mol. The van der Waals surface area contributed by atoms with Gasteiger partial charge in [0, 0.05) is 19.1 Å². The first kappa shape index (κ1) is 13.8. The predicted octanol–water partition coefficient (Wildman–Crippen LogP) is -0.0665. The molecule has 0 saturated carbocycles. The maximum absolute atomic E-state index is 11.6. The van der Waals surface area contributed by atoms with Crippen LogP contribution in [-0.2, 0) is 10.2 Å². The Bertz CT molecular complexity index is 239. The second-order valence-electron chi connectivity index (χ2n) is 3.33. The highest BCUT2D eigenvalue weighted by Crippen LogP contribution is 2.03. The normalized spacial score (nSPS) is 12.7. The fourth-order valence-electron chi connectivity index (χ4n) is 1.07. The minimum Gasteiger partial charge on any atom is -0.395 e. The molecule has 86 valence electrons. The van der Waals surface area contributed by atoms with Gasteiger partial charge in [0.2, 0.25) is 0 Å². The van der Waals surface area contributed by atoms with Gasteiger partial charge in [-0.15, -0.1) is 0 Å². The van der Waals surface area contributed by atoms with E-state index in [2.05, 4.69) is 4.72 Å². The molecule has 0 unspecified atom stereocenters. The van der Waals surface area contributed by atoms with Crippen molar-refractivity contribution in [3.8, 4) is 0 Å². The van der Waals surface area contributed by atoms with E-state index in [0.717, 1.165) is 6.42 Å². The molecule has 0 amide bonds. The van der Waals surface area contributed by atoms with Gasteiger partial charge in [0.25, 0.3) is 10.2 Å². The van der Waals surface area contributed by atoms with Crippen molar-refractivity contribution in [2.24, 2.45) is 0 Å². The number of hydrogen-bond donors (Lipinski definition) is 2. The maximum atomic E-state index is 11.6. The highest BCUT2D eigenvalue weighted by atomic mass is 32.2. The third-order valence-electron chi connectivity index (χ3n) is 1.74. The summed E-state index contributed by atoms with van der Waals surface area (Å²) in [7, 11) is -3.42. The molecule has 0 atom stereocenters. The summed E-state index contributed by atoms with van der Waals surface area (Å²) in [6, 6.07) is -0.142. The lowest BCUT2D eigenvalue weighted by atomic mass is 10.4. The lowest BCUT2D eigenvalue weighted by Crippen LogP contribution is -2.46. The van der Waals surface area contributed by atoms with Gasteiger partial charge in [0.05, 0.1) is 6.61 Å². The van der Waals surface area contributed by atoms with Crippen LogP contribution in [0, 0.1) is 0 Å². The fourth-order valence-corrected chi connectivity index (χ4v) is 2.57. The van der Waals surface area contributed by atoms with Crippen molar-refractivity contribution in [1.82, 2.24) is 9.03 Å². The summed E-state index contributed by atoms with van der Waals surface area (Å²) in [5.41, 5.74) is 0. The number of rotatable bonds is 7. The molecule has 0 saturated heterocycles. The molecular formula is C8H20N2O3S. The first-order valence-corrected chi connectivity index (χ1v) is 6.27. The van der Waals surface area contributed by atoms with Crippen molar-refractivity contribution >= 4 is 10.2 Å². The summed E-state index contributed by atoms with van der Waals surface area (Å²) in [5, 5.41) is 8.74. The zero-order valence-electron chi connectivity index (χ0n) is 9.02. The molecule has 0 aromatic heterocycles. The molecule has 0 radical (unpaired) electrons. The third kappa shape index (κ3) is 4.36. The van der Waals surface area contributed by atoms with Crippen LogP contribution in [-0.4, -0.2) is 43.6 Å². The van der Waals surface area contributed by atoms with Crippen molar-refractivity contribution in [2.45, 2.75) is 33.2 Å². The summed E-state index contributed by atoms with van der Waals surface area (Å²) in [5.74, 6) is 0. The van der Waals surface area contributed by atoms with E-state index in [1.165, 1.54) is 4.31 Å². The monoisotopic (exact) mass is 224 g/mol. The molecule has 0 heterocycles. The van der Waals surface area contributed by atoms with Crippen LogP contribution in [0.4, 0.5) is 0 Å². The van der Waals surface area contributed by atoms with Crippen LogP contribution in [0.3, 0.4) is 0 Å². The van der Waals surface area contributed by atoms with Crippen LogP contribution in [0.5, 0.6) is 0 Å². The minimum atomic E-state index is -3.42. The molecule has 0 aromatic carbocycles. The van der Waals surface area contributed by atoms with Gasteiger partial charge in [0.1, 0.15) is 0 Å². The molecule has 0 fully saturated rings. The molecule has 6 heteroatoms. The topological polar surface area (TPSA) is 69.6 Å². The van der Waals surface area contributed by atoms with Gasteiger partial charge in [-0.25, -0.2) is 4.72 Å². The van der Waals surface area contributed by atoms with E-state index in [-0.39, 0.29) is 19.2 Å². The highest BCUT2D eigenvalue weighted by molar-refractivity contribution is 7.87. The van der Waals surface area contributed by atoms with Gasteiger partial charge in [-0.1, -0.05) is 6.92 Å². The average Bonchev–Trinajstić information content (AvgIpc) is 2.10. The summed E-state index contributed by atoms with van der Waals surface area (Å²) < 4.78 is 27.0. The smallest absolute Gasteiger partial charge is 0.279 e. The van der Waals surface area contributed by atoms with E-state index in [1.54, 1.807) is 13.8 Å². The molecule has 0 aliphatic rings. The number of aliphatic hydroxyl groups excluding tert-OH is 1. The van der Waals surface area contributed by atoms with Crippen molar-refractivity contribution in [3.05, 3.63) is 0 Å². The number of aliphatic hydroxyl groups is 1. The summed E-state index contributed by atoms with van der Waals surface area (Å²) in [6.45, 7) is 5.86. The van der Waals surface area contributed by atoms with Gasteiger partial charge in [-0.2, -0.15) is 12.7 Å². The van der Waals surface area contributed by atoms with Gasteiger partial charge in [0.15, 0.2) is 0 Å². The lowest BCUT2D eigenvalue weighted by molar-refractivity contribution is 0.235. The Kier molecular flexibility index (Phi) is 6.26. The molecule has 0 bridgehead atoms. The highest BCUT2D eigenvalue weighted by Gasteiger charge is 2.23. The van der Waals surface area contributed by atoms with Crippen LogP contribution in [0.1, 0.15) is 27.2 Å². The van der Waals surface area contributed by atoms with Crippen LogP contribution < -0.4 is 4.72 Å². The Hall–Kier alpha value is -0.170. The van der Waals surface area contributed by atoms with E-state index in [4.69, 9.17) is 5.11 Å². The molecule has 0 spiro atoms. The number of nitrogens with one attached hydrogen (secondary N) is 1. The maximum Gasteiger partial charge on any atom is 0.279 e. The van der Waals surface area contributed by atoms with Gasteiger partial charge in [-0.05, 0) is 20.3 Å². The Balaban J connectivity index is 4.46. The average molecular weight is 224 g/mol. The van der Waals surface area contributed by atoms with E-state index in [0.29, 0.717) is 6.54 Å². The Morgan fingerprint density at radius 1 is 1.43 bits per heavy atom. The van der Waals surface area contributed by atoms with Crippen molar-refractivity contribution < 1.29 is 13.5 Å². The zero-order valence-corrected chi connectivity index (χ0v) is 9.84. The van der Waals surface area contributed by atoms with Crippen LogP contribution in [0.2, 0.25) is 0 Å². The van der Waals surface area contributed by atoms with Crippen LogP contribution in [0.25, 0.3) is 0 Å². The van der Waals surface area contributed by atoms with E-state index < -0.39 is 10.2 Å². The molecule has 2 N–H and O–H groups in total. The van der Waals surface area contributed by atoms with Gasteiger partial charge >= 0.3 is 0 Å². The molecule has 0 aromatic rings. The standard InChI is InChI=1S/C8H20N2O3S/c1-4-5-9-14(12,13)10(6-7-11)8(2)3/h8-9,11H,4-7H2,1-3H3. The predicted molar refractivity (Wildman–Crippen MR) is 56.1 cm³/mol. The lowest BCUT2D eigenvalue weighted by Gasteiger charge is -2.24.